The van der Waals surface area contributed by atoms with Crippen molar-refractivity contribution in [1.82, 2.24) is 9.97 Å². The fourth-order valence-electron chi connectivity index (χ4n) is 3.40. The van der Waals surface area contributed by atoms with Gasteiger partial charge >= 0.3 is 0 Å². The lowest BCUT2D eigenvalue weighted by atomic mass is 10.1. The molecule has 6 nitrogen and oxygen atoms in total. The van der Waals surface area contributed by atoms with Crippen molar-refractivity contribution in [2.45, 2.75) is 13.5 Å². The van der Waals surface area contributed by atoms with Crippen molar-refractivity contribution >= 4 is 38.6 Å². The summed E-state index contributed by atoms with van der Waals surface area (Å²) < 4.78 is 12.2. The summed E-state index contributed by atoms with van der Waals surface area (Å²) in [6.07, 6.45) is 1.74. The number of H-pyrrole nitrogens is 1. The molecule has 0 saturated heterocycles. The standard InChI is InChI=1S/C26H19BrN4O2/c1-16-7-8-22-23(9-16)31-26(30-22)20(14-29)10-19-11-24(32-2)25(12-21(19)27)33-15-18-6-4-3-5-17(18)13-28/h3-12H,15H2,1-2H3,(H,30,31). The monoisotopic (exact) mass is 498 g/mol. The van der Waals surface area contributed by atoms with Gasteiger partial charge < -0.3 is 14.5 Å². The zero-order valence-electron chi connectivity index (χ0n) is 18.0. The maximum atomic E-state index is 9.78. The van der Waals surface area contributed by atoms with Crippen molar-refractivity contribution in [3.63, 3.8) is 0 Å². The van der Waals surface area contributed by atoms with Crippen LogP contribution in [0.5, 0.6) is 11.5 Å². The molecule has 0 saturated carbocycles. The highest BCUT2D eigenvalue weighted by Gasteiger charge is 2.14. The molecule has 162 valence electrons. The van der Waals surface area contributed by atoms with Crippen molar-refractivity contribution < 1.29 is 9.47 Å². The Kier molecular flexibility index (Phi) is 6.44. The molecular weight excluding hydrogens is 480 g/mol. The van der Waals surface area contributed by atoms with E-state index >= 15 is 0 Å². The van der Waals surface area contributed by atoms with Gasteiger partial charge in [0.25, 0.3) is 0 Å². The van der Waals surface area contributed by atoms with Gasteiger partial charge in [-0.1, -0.05) is 40.2 Å². The Morgan fingerprint density at radius 1 is 1.12 bits per heavy atom. The maximum absolute atomic E-state index is 9.78. The number of aromatic amines is 1. The number of nitriles is 2. The van der Waals surface area contributed by atoms with E-state index in [2.05, 4.69) is 38.0 Å². The number of fused-ring (bicyclic) bond motifs is 1. The first-order valence-corrected chi connectivity index (χ1v) is 10.9. The first-order valence-electron chi connectivity index (χ1n) is 10.1. The summed E-state index contributed by atoms with van der Waals surface area (Å²) in [6.45, 7) is 2.23. The van der Waals surface area contributed by atoms with E-state index in [0.29, 0.717) is 28.5 Å². The zero-order chi connectivity index (χ0) is 23.4. The molecule has 0 fully saturated rings. The normalized spacial score (nSPS) is 11.1. The number of nitrogens with zero attached hydrogens (tertiary/aromatic N) is 3. The van der Waals surface area contributed by atoms with Crippen LogP contribution in [0.15, 0.2) is 59.1 Å². The number of ether oxygens (including phenoxy) is 2. The number of hydrogen-bond donors (Lipinski definition) is 1. The number of benzene rings is 3. The van der Waals surface area contributed by atoms with Crippen molar-refractivity contribution in [2.24, 2.45) is 0 Å². The molecule has 4 aromatic rings. The molecule has 33 heavy (non-hydrogen) atoms. The highest BCUT2D eigenvalue weighted by Crippen LogP contribution is 2.36. The maximum Gasteiger partial charge on any atom is 0.162 e. The third kappa shape index (κ3) is 4.74. The Bertz CT molecular complexity index is 1460. The SMILES string of the molecule is COc1cc(C=C(C#N)c2nc3ccc(C)cc3[nH]2)c(Br)cc1OCc1ccccc1C#N. The third-order valence-electron chi connectivity index (χ3n) is 5.12. The number of aryl methyl sites for hydroxylation is 1. The van der Waals surface area contributed by atoms with Gasteiger partial charge in [0.15, 0.2) is 11.5 Å². The molecule has 1 N–H and O–H groups in total. The molecular formula is C26H19BrN4O2. The van der Waals surface area contributed by atoms with Gasteiger partial charge in [0.05, 0.1) is 35.3 Å². The second-order valence-electron chi connectivity index (χ2n) is 7.36. The molecule has 1 aromatic heterocycles. The quantitative estimate of drug-likeness (QED) is 0.321. The summed E-state index contributed by atoms with van der Waals surface area (Å²) in [5, 5.41) is 19.1. The minimum absolute atomic E-state index is 0.226. The summed E-state index contributed by atoms with van der Waals surface area (Å²) >= 11 is 3.57. The number of aromatic nitrogens is 2. The minimum atomic E-state index is 0.226. The van der Waals surface area contributed by atoms with Crippen LogP contribution in [-0.4, -0.2) is 17.1 Å². The van der Waals surface area contributed by atoms with E-state index in [1.807, 2.05) is 43.3 Å². The molecule has 0 atom stereocenters. The zero-order valence-corrected chi connectivity index (χ0v) is 19.6. The summed E-state index contributed by atoms with van der Waals surface area (Å²) in [4.78, 5) is 7.76. The van der Waals surface area contributed by atoms with Crippen LogP contribution in [0, 0.1) is 29.6 Å². The van der Waals surface area contributed by atoms with E-state index in [1.165, 1.54) is 0 Å². The van der Waals surface area contributed by atoms with Crippen LogP contribution in [0.4, 0.5) is 0 Å². The summed E-state index contributed by atoms with van der Waals surface area (Å²) in [5.41, 5.74) is 5.27. The van der Waals surface area contributed by atoms with Crippen LogP contribution in [0.1, 0.15) is 28.1 Å². The van der Waals surface area contributed by atoms with Gasteiger partial charge in [-0.3, -0.25) is 0 Å². The summed E-state index contributed by atoms with van der Waals surface area (Å²) in [7, 11) is 1.56. The van der Waals surface area contributed by atoms with E-state index in [9.17, 15) is 10.5 Å². The Hall–Kier alpha value is -4.07. The van der Waals surface area contributed by atoms with Crippen LogP contribution >= 0.6 is 15.9 Å². The molecule has 0 amide bonds. The molecule has 0 spiro atoms. The number of nitrogens with one attached hydrogen (secondary N) is 1. The first-order chi connectivity index (χ1) is 16.0. The second kappa shape index (κ2) is 9.60. The van der Waals surface area contributed by atoms with E-state index in [1.54, 1.807) is 31.4 Å². The summed E-state index contributed by atoms with van der Waals surface area (Å²) in [6, 6.07) is 21.2. The Morgan fingerprint density at radius 3 is 2.70 bits per heavy atom. The lowest BCUT2D eigenvalue weighted by molar-refractivity contribution is 0.284. The molecule has 0 aliphatic rings. The van der Waals surface area contributed by atoms with Gasteiger partial charge in [-0.25, -0.2) is 4.98 Å². The van der Waals surface area contributed by atoms with E-state index in [0.717, 1.165) is 32.2 Å². The number of rotatable bonds is 6. The van der Waals surface area contributed by atoms with Gasteiger partial charge in [-0.05, 0) is 54.5 Å². The molecule has 7 heteroatoms. The van der Waals surface area contributed by atoms with Crippen molar-refractivity contribution in [2.75, 3.05) is 7.11 Å². The molecule has 3 aromatic carbocycles. The van der Waals surface area contributed by atoms with E-state index in [4.69, 9.17) is 9.47 Å². The predicted molar refractivity (Wildman–Crippen MR) is 130 cm³/mol. The third-order valence-corrected chi connectivity index (χ3v) is 5.80. The van der Waals surface area contributed by atoms with E-state index < -0.39 is 0 Å². The molecule has 1 heterocycles. The fourth-order valence-corrected chi connectivity index (χ4v) is 3.84. The average molecular weight is 499 g/mol. The molecule has 0 radical (unpaired) electrons. The Balaban J connectivity index is 1.65. The number of allylic oxidation sites excluding steroid dienone is 1. The lowest BCUT2D eigenvalue weighted by Crippen LogP contribution is -2.00. The van der Waals surface area contributed by atoms with Crippen molar-refractivity contribution in [3.8, 4) is 23.6 Å². The Labute approximate surface area is 199 Å². The van der Waals surface area contributed by atoms with E-state index in [-0.39, 0.29) is 6.61 Å². The molecule has 4 rings (SSSR count). The van der Waals surface area contributed by atoms with Crippen LogP contribution in [0.25, 0.3) is 22.7 Å². The number of halogens is 1. The predicted octanol–water partition coefficient (Wildman–Crippen LogP) is 6.16. The van der Waals surface area contributed by atoms with Gasteiger partial charge in [0.2, 0.25) is 0 Å². The number of hydrogen-bond acceptors (Lipinski definition) is 5. The van der Waals surface area contributed by atoms with Crippen LogP contribution in [0.2, 0.25) is 0 Å². The summed E-state index contributed by atoms with van der Waals surface area (Å²) in [5.74, 6) is 1.53. The number of methoxy groups -OCH3 is 1. The smallest absolute Gasteiger partial charge is 0.162 e. The lowest BCUT2D eigenvalue weighted by Gasteiger charge is -2.13. The number of imidazole rings is 1. The highest BCUT2D eigenvalue weighted by atomic mass is 79.9. The average Bonchev–Trinajstić information content (AvgIpc) is 3.25. The second-order valence-corrected chi connectivity index (χ2v) is 8.21. The van der Waals surface area contributed by atoms with Crippen LogP contribution in [-0.2, 0) is 6.61 Å². The van der Waals surface area contributed by atoms with Gasteiger partial charge in [0.1, 0.15) is 18.5 Å². The topological polar surface area (TPSA) is 94.7 Å². The molecule has 0 unspecified atom stereocenters. The van der Waals surface area contributed by atoms with Crippen molar-refractivity contribution in [3.05, 3.63) is 87.1 Å². The van der Waals surface area contributed by atoms with Crippen LogP contribution < -0.4 is 9.47 Å². The minimum Gasteiger partial charge on any atom is -0.493 e. The Morgan fingerprint density at radius 2 is 1.94 bits per heavy atom. The largest absolute Gasteiger partial charge is 0.493 e. The highest BCUT2D eigenvalue weighted by molar-refractivity contribution is 9.10. The molecule has 0 bridgehead atoms. The molecule has 0 aliphatic heterocycles. The van der Waals surface area contributed by atoms with Gasteiger partial charge in [-0.15, -0.1) is 0 Å². The van der Waals surface area contributed by atoms with Crippen molar-refractivity contribution in [1.29, 1.82) is 10.5 Å². The fraction of sp³-hybridized carbons (Fsp3) is 0.115. The first kappa shape index (κ1) is 22.1. The van der Waals surface area contributed by atoms with Gasteiger partial charge in [0, 0.05) is 10.0 Å². The molecule has 0 aliphatic carbocycles. The van der Waals surface area contributed by atoms with Gasteiger partial charge in [-0.2, -0.15) is 10.5 Å². The van der Waals surface area contributed by atoms with Crippen LogP contribution in [0.3, 0.4) is 0 Å².